The molecule has 0 atom stereocenters. The molecule has 8 heteroatoms. The van der Waals surface area contributed by atoms with E-state index >= 15 is 0 Å². The molecule has 0 aliphatic carbocycles. The Labute approximate surface area is 168 Å². The van der Waals surface area contributed by atoms with Gasteiger partial charge in [0.25, 0.3) is 0 Å². The number of nitrogens with zero attached hydrogens (tertiary/aromatic N) is 2. The van der Waals surface area contributed by atoms with Crippen LogP contribution >= 0.6 is 0 Å². The van der Waals surface area contributed by atoms with Crippen LogP contribution in [0.25, 0.3) is 0 Å². The fraction of sp³-hybridized carbons (Fsp3) is 0.0952. The maximum Gasteiger partial charge on any atom is 0.339 e. The number of benzene rings is 3. The molecule has 1 N–H and O–H groups in total. The molecule has 7 nitrogen and oxygen atoms in total. The predicted molar refractivity (Wildman–Crippen MR) is 110 cm³/mol. The molecule has 0 unspecified atom stereocenters. The number of anilines is 1. The molecule has 1 aliphatic rings. The highest BCUT2D eigenvalue weighted by Crippen LogP contribution is 2.33. The average molecular weight is 410 g/mol. The van der Waals surface area contributed by atoms with Gasteiger partial charge >= 0.3 is 10.1 Å². The van der Waals surface area contributed by atoms with Gasteiger partial charge in [0.2, 0.25) is 0 Å². The summed E-state index contributed by atoms with van der Waals surface area (Å²) in [5.74, 6) is 0.971. The minimum atomic E-state index is -3.98. The van der Waals surface area contributed by atoms with Gasteiger partial charge in [0, 0.05) is 13.3 Å². The van der Waals surface area contributed by atoms with Gasteiger partial charge in [0.1, 0.15) is 22.1 Å². The highest BCUT2D eigenvalue weighted by atomic mass is 32.2. The third-order valence-electron chi connectivity index (χ3n) is 4.34. The highest BCUT2D eigenvalue weighted by molar-refractivity contribution is 7.87. The van der Waals surface area contributed by atoms with Crippen molar-refractivity contribution in [2.45, 2.75) is 4.90 Å². The summed E-state index contributed by atoms with van der Waals surface area (Å²) in [5, 5.41) is 9.27. The molecule has 0 saturated carbocycles. The molecule has 0 spiro atoms. The van der Waals surface area contributed by atoms with Crippen LogP contribution in [0.5, 0.6) is 17.2 Å². The topological polar surface area (TPSA) is 88.4 Å². The summed E-state index contributed by atoms with van der Waals surface area (Å²) < 4.78 is 35.3. The van der Waals surface area contributed by atoms with Gasteiger partial charge in [0.15, 0.2) is 6.73 Å². The van der Waals surface area contributed by atoms with Gasteiger partial charge < -0.3 is 18.9 Å². The Kier molecular flexibility index (Phi) is 4.85. The van der Waals surface area contributed by atoms with Crippen molar-refractivity contribution in [1.82, 2.24) is 0 Å². The molecule has 29 heavy (non-hydrogen) atoms. The van der Waals surface area contributed by atoms with E-state index < -0.39 is 10.1 Å². The molecule has 3 aromatic rings. The summed E-state index contributed by atoms with van der Waals surface area (Å²) in [6.45, 7) is 0.532. The molecule has 0 fully saturated rings. The van der Waals surface area contributed by atoms with E-state index in [1.807, 2.05) is 30.1 Å². The van der Waals surface area contributed by atoms with Crippen LogP contribution in [0.1, 0.15) is 5.56 Å². The van der Waals surface area contributed by atoms with E-state index in [2.05, 4.69) is 4.99 Å². The zero-order valence-electron chi connectivity index (χ0n) is 15.5. The van der Waals surface area contributed by atoms with Gasteiger partial charge in [-0.15, -0.1) is 0 Å². The summed E-state index contributed by atoms with van der Waals surface area (Å²) in [4.78, 5) is 6.37. The minimum absolute atomic E-state index is 0.0203. The van der Waals surface area contributed by atoms with Crippen molar-refractivity contribution < 1.29 is 22.4 Å². The van der Waals surface area contributed by atoms with Crippen LogP contribution in [0.2, 0.25) is 0 Å². The van der Waals surface area contributed by atoms with Gasteiger partial charge in [-0.2, -0.15) is 8.42 Å². The standard InChI is InChI=1S/C21H18N2O5S/c1-23-14-27-21-12-15(2-11-20(21)23)13-22-16-3-7-18(8-4-16)28-29(25,26)19-9-5-17(24)6-10-19/h2-13,24H,14H2,1H3. The van der Waals surface area contributed by atoms with E-state index in [-0.39, 0.29) is 16.4 Å². The van der Waals surface area contributed by atoms with Crippen molar-refractivity contribution in [3.63, 3.8) is 0 Å². The monoisotopic (exact) mass is 410 g/mol. The Morgan fingerprint density at radius 3 is 2.52 bits per heavy atom. The number of phenols is 1. The molecule has 3 aromatic carbocycles. The fourth-order valence-corrected chi connectivity index (χ4v) is 3.73. The molecule has 0 saturated heterocycles. The Hall–Kier alpha value is -3.52. The van der Waals surface area contributed by atoms with E-state index in [4.69, 9.17) is 8.92 Å². The number of rotatable bonds is 5. The number of hydrogen-bond acceptors (Lipinski definition) is 7. The smallest absolute Gasteiger partial charge is 0.339 e. The Balaban J connectivity index is 1.45. The van der Waals surface area contributed by atoms with Crippen molar-refractivity contribution in [2.24, 2.45) is 4.99 Å². The van der Waals surface area contributed by atoms with Crippen LogP contribution < -0.4 is 13.8 Å². The quantitative estimate of drug-likeness (QED) is 0.510. The third kappa shape index (κ3) is 4.17. The first-order valence-electron chi connectivity index (χ1n) is 8.76. The number of ether oxygens (including phenoxy) is 1. The van der Waals surface area contributed by atoms with E-state index in [1.165, 1.54) is 36.4 Å². The number of fused-ring (bicyclic) bond motifs is 1. The second-order valence-corrected chi connectivity index (χ2v) is 8.03. The SMILES string of the molecule is CN1COc2cc(C=Nc3ccc(OS(=O)(=O)c4ccc(O)cc4)cc3)ccc21. The molecular formula is C21H18N2O5S. The van der Waals surface area contributed by atoms with Crippen molar-refractivity contribution in [3.8, 4) is 17.2 Å². The van der Waals surface area contributed by atoms with Crippen LogP contribution in [-0.4, -0.2) is 33.5 Å². The first-order chi connectivity index (χ1) is 13.9. The summed E-state index contributed by atoms with van der Waals surface area (Å²) in [7, 11) is -2.01. The maximum atomic E-state index is 12.3. The molecule has 148 valence electrons. The van der Waals surface area contributed by atoms with Crippen LogP contribution in [0.3, 0.4) is 0 Å². The molecule has 0 radical (unpaired) electrons. The van der Waals surface area contributed by atoms with Crippen molar-refractivity contribution in [3.05, 3.63) is 72.3 Å². The number of phenolic OH excluding ortho intramolecular Hbond substituents is 1. The van der Waals surface area contributed by atoms with Crippen molar-refractivity contribution in [1.29, 1.82) is 0 Å². The molecule has 0 bridgehead atoms. The second-order valence-electron chi connectivity index (χ2n) is 6.48. The first-order valence-corrected chi connectivity index (χ1v) is 10.2. The van der Waals surface area contributed by atoms with Gasteiger partial charge in [-0.25, -0.2) is 0 Å². The average Bonchev–Trinajstić information content (AvgIpc) is 3.08. The lowest BCUT2D eigenvalue weighted by molar-refractivity contribution is 0.353. The lowest BCUT2D eigenvalue weighted by Gasteiger charge is -2.07. The van der Waals surface area contributed by atoms with Crippen molar-refractivity contribution in [2.75, 3.05) is 18.7 Å². The fourth-order valence-electron chi connectivity index (χ4n) is 2.80. The molecule has 0 aromatic heterocycles. The Bertz CT molecular complexity index is 1160. The van der Waals surface area contributed by atoms with Gasteiger partial charge in [-0.05, 0) is 66.2 Å². The minimum Gasteiger partial charge on any atom is -0.508 e. The van der Waals surface area contributed by atoms with Gasteiger partial charge in [0.05, 0.1) is 11.4 Å². The van der Waals surface area contributed by atoms with E-state index in [0.717, 1.165) is 17.0 Å². The summed E-state index contributed by atoms with van der Waals surface area (Å²) in [6.07, 6.45) is 1.71. The van der Waals surface area contributed by atoms with E-state index in [0.29, 0.717) is 12.4 Å². The molecule has 1 aliphatic heterocycles. The Morgan fingerprint density at radius 2 is 1.79 bits per heavy atom. The molecular weight excluding hydrogens is 392 g/mol. The van der Waals surface area contributed by atoms with Gasteiger partial charge in [-0.3, -0.25) is 4.99 Å². The van der Waals surface area contributed by atoms with E-state index in [1.54, 1.807) is 18.3 Å². The van der Waals surface area contributed by atoms with Gasteiger partial charge in [-0.1, -0.05) is 6.07 Å². The van der Waals surface area contributed by atoms with E-state index in [9.17, 15) is 13.5 Å². The van der Waals surface area contributed by atoms with Crippen molar-refractivity contribution >= 4 is 27.7 Å². The third-order valence-corrected chi connectivity index (χ3v) is 5.60. The number of aromatic hydroxyl groups is 1. The molecule has 4 rings (SSSR count). The lowest BCUT2D eigenvalue weighted by Crippen LogP contribution is -2.14. The van der Waals surface area contributed by atoms with Crippen LogP contribution in [-0.2, 0) is 10.1 Å². The van der Waals surface area contributed by atoms with Crippen LogP contribution in [0, 0.1) is 0 Å². The molecule has 0 amide bonds. The summed E-state index contributed by atoms with van der Waals surface area (Å²) in [6, 6.07) is 17.4. The summed E-state index contributed by atoms with van der Waals surface area (Å²) >= 11 is 0. The largest absolute Gasteiger partial charge is 0.508 e. The number of hydrogen-bond donors (Lipinski definition) is 1. The van der Waals surface area contributed by atoms with Crippen LogP contribution in [0.4, 0.5) is 11.4 Å². The predicted octanol–water partition coefficient (Wildman–Crippen LogP) is 3.70. The lowest BCUT2D eigenvalue weighted by atomic mass is 10.2. The normalized spacial score (nSPS) is 13.3. The zero-order chi connectivity index (χ0) is 20.4. The summed E-state index contributed by atoms with van der Waals surface area (Å²) in [5.41, 5.74) is 2.59. The first kappa shape index (κ1) is 18.8. The maximum absolute atomic E-state index is 12.3. The molecule has 1 heterocycles. The Morgan fingerprint density at radius 1 is 1.07 bits per heavy atom. The zero-order valence-corrected chi connectivity index (χ0v) is 16.3. The highest BCUT2D eigenvalue weighted by Gasteiger charge is 2.17. The second kappa shape index (κ2) is 7.48. The van der Waals surface area contributed by atoms with Crippen LogP contribution in [0.15, 0.2) is 76.6 Å². The number of aliphatic imine (C=N–C) groups is 1.